The molecule has 0 radical (unpaired) electrons. The second kappa shape index (κ2) is 3.53. The maximum atomic E-state index is 13.2. The highest BCUT2D eigenvalue weighted by Gasteiger charge is 2.19. The Morgan fingerprint density at radius 1 is 1.31 bits per heavy atom. The van der Waals surface area contributed by atoms with Crippen molar-refractivity contribution in [3.8, 4) is 0 Å². The van der Waals surface area contributed by atoms with E-state index >= 15 is 0 Å². The van der Waals surface area contributed by atoms with Gasteiger partial charge in [-0.1, -0.05) is 0 Å². The number of aryl methyl sites for hydroxylation is 1. The smallest absolute Gasteiger partial charge is 0.251 e. The van der Waals surface area contributed by atoms with Gasteiger partial charge in [-0.25, -0.2) is 15.4 Å². The van der Waals surface area contributed by atoms with Crippen molar-refractivity contribution in [2.24, 2.45) is 0 Å². The van der Waals surface area contributed by atoms with Crippen LogP contribution in [0.5, 0.6) is 0 Å². The number of rotatable bonds is 1. The lowest BCUT2D eigenvalue weighted by atomic mass is 10.1. The molecule has 0 heterocycles. The monoisotopic (exact) mass is 181 g/mol. The van der Waals surface area contributed by atoms with Crippen LogP contribution in [0.4, 0.5) is 8.78 Å². The fraction of sp³-hybridized carbons (Fsp3) is 0.300. The van der Waals surface area contributed by atoms with Crippen LogP contribution >= 0.6 is 0 Å². The Labute approximate surface area is 75.8 Å². The molecule has 1 atom stereocenters. The van der Waals surface area contributed by atoms with Crippen molar-refractivity contribution >= 4 is 0 Å². The molecule has 13 heavy (non-hydrogen) atoms. The summed E-state index contributed by atoms with van der Waals surface area (Å²) in [5.41, 5.74) is 0.386. The van der Waals surface area contributed by atoms with Gasteiger partial charge >= 0.3 is 0 Å². The van der Waals surface area contributed by atoms with E-state index in [2.05, 4.69) is 4.85 Å². The van der Waals surface area contributed by atoms with Crippen molar-refractivity contribution in [2.45, 2.75) is 19.9 Å². The summed E-state index contributed by atoms with van der Waals surface area (Å²) in [7, 11) is 0. The van der Waals surface area contributed by atoms with Crippen LogP contribution in [0.1, 0.15) is 24.1 Å². The highest BCUT2D eigenvalue weighted by molar-refractivity contribution is 5.29. The number of benzene rings is 1. The predicted molar refractivity (Wildman–Crippen MR) is 46.1 cm³/mol. The third kappa shape index (κ3) is 1.83. The van der Waals surface area contributed by atoms with E-state index in [1.54, 1.807) is 6.92 Å². The van der Waals surface area contributed by atoms with Gasteiger partial charge in [-0.3, -0.25) is 0 Å². The van der Waals surface area contributed by atoms with E-state index in [4.69, 9.17) is 6.57 Å². The minimum Gasteiger partial charge on any atom is -0.309 e. The molecule has 0 spiro atoms. The predicted octanol–water partition coefficient (Wildman–Crippen LogP) is 3.25. The Morgan fingerprint density at radius 3 is 2.15 bits per heavy atom. The topological polar surface area (TPSA) is 4.36 Å². The lowest BCUT2D eigenvalue weighted by Crippen LogP contribution is -1.98. The molecule has 0 saturated heterocycles. The molecule has 0 aromatic heterocycles. The SMILES string of the molecule is [C-]#[N+]C(C)c1c(F)cc(C)cc1F. The van der Waals surface area contributed by atoms with Gasteiger partial charge < -0.3 is 4.85 Å². The molecule has 0 bridgehead atoms. The van der Waals surface area contributed by atoms with E-state index in [0.717, 1.165) is 0 Å². The fourth-order valence-corrected chi connectivity index (χ4v) is 1.17. The zero-order valence-electron chi connectivity index (χ0n) is 7.44. The normalized spacial score (nSPS) is 12.2. The molecule has 1 aromatic rings. The minimum absolute atomic E-state index is 0.138. The van der Waals surface area contributed by atoms with E-state index in [0.29, 0.717) is 5.56 Å². The van der Waals surface area contributed by atoms with Gasteiger partial charge in [0, 0.05) is 6.92 Å². The van der Waals surface area contributed by atoms with Gasteiger partial charge in [-0.05, 0) is 24.6 Å². The third-order valence-electron chi connectivity index (χ3n) is 1.83. The molecule has 68 valence electrons. The van der Waals surface area contributed by atoms with Gasteiger partial charge in [-0.2, -0.15) is 0 Å². The van der Waals surface area contributed by atoms with Crippen LogP contribution < -0.4 is 0 Å². The van der Waals surface area contributed by atoms with Crippen LogP contribution in [0.25, 0.3) is 4.85 Å². The average Bonchev–Trinajstić information content (AvgIpc) is 2.02. The second-order valence-corrected chi connectivity index (χ2v) is 2.95. The number of hydrogen-bond acceptors (Lipinski definition) is 0. The molecule has 1 aromatic carbocycles. The molecule has 0 aliphatic carbocycles. The summed E-state index contributed by atoms with van der Waals surface area (Å²) in [6.45, 7) is 9.77. The van der Waals surface area contributed by atoms with Crippen LogP contribution in [0, 0.1) is 25.1 Å². The van der Waals surface area contributed by atoms with Crippen molar-refractivity contribution in [3.63, 3.8) is 0 Å². The summed E-state index contributed by atoms with van der Waals surface area (Å²) in [4.78, 5) is 3.08. The quantitative estimate of drug-likeness (QED) is 0.586. The number of halogens is 2. The Balaban J connectivity index is 3.30. The summed E-state index contributed by atoms with van der Waals surface area (Å²) in [6.07, 6.45) is 0. The summed E-state index contributed by atoms with van der Waals surface area (Å²) >= 11 is 0. The molecule has 3 heteroatoms. The molecule has 0 amide bonds. The average molecular weight is 181 g/mol. The number of hydrogen-bond donors (Lipinski definition) is 0. The Hall–Kier alpha value is -1.43. The molecule has 1 nitrogen and oxygen atoms in total. The van der Waals surface area contributed by atoms with Gasteiger partial charge in [0.15, 0.2) is 0 Å². The zero-order chi connectivity index (χ0) is 10.0. The zero-order valence-corrected chi connectivity index (χ0v) is 7.44. The first kappa shape index (κ1) is 9.66. The summed E-state index contributed by atoms with van der Waals surface area (Å²) in [5, 5.41) is 0. The van der Waals surface area contributed by atoms with E-state index in [1.165, 1.54) is 19.1 Å². The maximum absolute atomic E-state index is 13.2. The minimum atomic E-state index is -0.763. The van der Waals surface area contributed by atoms with Crippen LogP contribution in [-0.4, -0.2) is 0 Å². The standard InChI is InChI=1S/C10H9F2N/c1-6-4-8(11)10(7(2)13-3)9(12)5-6/h4-5,7H,1-2H3. The maximum Gasteiger partial charge on any atom is 0.251 e. The molecular formula is C10H9F2N. The Bertz CT molecular complexity index is 343. The Kier molecular flexibility index (Phi) is 2.62. The molecule has 0 saturated carbocycles. The van der Waals surface area contributed by atoms with Crippen molar-refractivity contribution in [1.29, 1.82) is 0 Å². The highest BCUT2D eigenvalue weighted by Crippen LogP contribution is 2.24. The van der Waals surface area contributed by atoms with Gasteiger partial charge in [0.1, 0.15) is 17.2 Å². The van der Waals surface area contributed by atoms with Crippen LogP contribution in [0.2, 0.25) is 0 Å². The van der Waals surface area contributed by atoms with Gasteiger partial charge in [0.2, 0.25) is 0 Å². The first-order valence-electron chi connectivity index (χ1n) is 3.88. The molecular weight excluding hydrogens is 172 g/mol. The molecule has 0 N–H and O–H groups in total. The highest BCUT2D eigenvalue weighted by atomic mass is 19.1. The molecule has 1 rings (SSSR count). The second-order valence-electron chi connectivity index (χ2n) is 2.95. The summed E-state index contributed by atoms with van der Waals surface area (Å²) in [6, 6.07) is 1.71. The molecule has 0 aliphatic rings. The van der Waals surface area contributed by atoms with Crippen LogP contribution in [0.3, 0.4) is 0 Å². The van der Waals surface area contributed by atoms with E-state index in [9.17, 15) is 8.78 Å². The third-order valence-corrected chi connectivity index (χ3v) is 1.83. The largest absolute Gasteiger partial charge is 0.309 e. The lowest BCUT2D eigenvalue weighted by Gasteiger charge is -2.04. The van der Waals surface area contributed by atoms with E-state index < -0.39 is 17.7 Å². The van der Waals surface area contributed by atoms with Crippen LogP contribution in [0.15, 0.2) is 12.1 Å². The van der Waals surface area contributed by atoms with E-state index in [-0.39, 0.29) is 5.56 Å². The Morgan fingerprint density at radius 2 is 1.77 bits per heavy atom. The van der Waals surface area contributed by atoms with Gasteiger partial charge in [0.05, 0.1) is 0 Å². The van der Waals surface area contributed by atoms with Crippen molar-refractivity contribution in [3.05, 3.63) is 46.3 Å². The molecule has 1 unspecified atom stereocenters. The van der Waals surface area contributed by atoms with Crippen molar-refractivity contribution in [1.82, 2.24) is 0 Å². The summed E-state index contributed by atoms with van der Waals surface area (Å²) < 4.78 is 26.3. The fourth-order valence-electron chi connectivity index (χ4n) is 1.17. The molecule has 0 fully saturated rings. The van der Waals surface area contributed by atoms with Crippen molar-refractivity contribution in [2.75, 3.05) is 0 Å². The van der Waals surface area contributed by atoms with Gasteiger partial charge in [-0.15, -0.1) is 0 Å². The van der Waals surface area contributed by atoms with Crippen LogP contribution in [-0.2, 0) is 0 Å². The lowest BCUT2D eigenvalue weighted by molar-refractivity contribution is 0.547. The summed E-state index contributed by atoms with van der Waals surface area (Å²) in [5.74, 6) is -1.28. The van der Waals surface area contributed by atoms with Gasteiger partial charge in [0.25, 0.3) is 6.04 Å². The van der Waals surface area contributed by atoms with Crippen molar-refractivity contribution < 1.29 is 8.78 Å². The first-order valence-corrected chi connectivity index (χ1v) is 3.88. The first-order chi connectivity index (χ1) is 6.06. The molecule has 0 aliphatic heterocycles. The van der Waals surface area contributed by atoms with E-state index in [1.807, 2.05) is 0 Å². The number of nitrogens with zero attached hydrogens (tertiary/aromatic N) is 1.